The smallest absolute Gasteiger partial charge is 0.273 e. The number of hydrogen-bond donors (Lipinski definition) is 1. The zero-order valence-electron chi connectivity index (χ0n) is 11.2. The molecule has 100 valence electrons. The van der Waals surface area contributed by atoms with Crippen molar-refractivity contribution in [3.8, 4) is 5.82 Å². The summed E-state index contributed by atoms with van der Waals surface area (Å²) in [4.78, 5) is 21.6. The van der Waals surface area contributed by atoms with Crippen LogP contribution in [-0.4, -0.2) is 51.2 Å². The number of aromatic nitrogens is 4. The van der Waals surface area contributed by atoms with Crippen molar-refractivity contribution in [3.05, 3.63) is 30.2 Å². The summed E-state index contributed by atoms with van der Waals surface area (Å²) in [7, 11) is 3.38. The van der Waals surface area contributed by atoms with Gasteiger partial charge in [0.1, 0.15) is 0 Å². The van der Waals surface area contributed by atoms with Gasteiger partial charge < -0.3 is 10.2 Å². The third kappa shape index (κ3) is 2.87. The highest BCUT2D eigenvalue weighted by atomic mass is 16.2. The normalized spacial score (nSPS) is 10.3. The fourth-order valence-electron chi connectivity index (χ4n) is 1.51. The molecule has 0 unspecified atom stereocenters. The average molecular weight is 260 g/mol. The van der Waals surface area contributed by atoms with Crippen molar-refractivity contribution in [1.82, 2.24) is 24.6 Å². The number of hydrogen-bond acceptors (Lipinski definition) is 5. The lowest BCUT2D eigenvalue weighted by Gasteiger charge is -2.07. The van der Waals surface area contributed by atoms with Crippen LogP contribution in [0, 0.1) is 0 Å². The maximum absolute atomic E-state index is 11.8. The van der Waals surface area contributed by atoms with E-state index in [1.165, 1.54) is 4.90 Å². The van der Waals surface area contributed by atoms with Crippen LogP contribution in [0.25, 0.3) is 5.82 Å². The number of anilines is 1. The highest BCUT2D eigenvalue weighted by Gasteiger charge is 2.12. The van der Waals surface area contributed by atoms with Crippen LogP contribution in [0.2, 0.25) is 0 Å². The Morgan fingerprint density at radius 2 is 2.21 bits per heavy atom. The van der Waals surface area contributed by atoms with Gasteiger partial charge in [0.2, 0.25) is 5.95 Å². The molecule has 2 aromatic heterocycles. The molecule has 0 fully saturated rings. The molecule has 0 saturated carbocycles. The molecule has 0 aliphatic heterocycles. The maximum atomic E-state index is 11.8. The summed E-state index contributed by atoms with van der Waals surface area (Å²) in [6.07, 6.45) is 3.35. The van der Waals surface area contributed by atoms with Gasteiger partial charge in [0, 0.05) is 39.1 Å². The maximum Gasteiger partial charge on any atom is 0.273 e. The number of carbonyl (C=O) groups is 1. The lowest BCUT2D eigenvalue weighted by atomic mass is 10.4. The third-order valence-electron chi connectivity index (χ3n) is 2.42. The highest BCUT2D eigenvalue weighted by Crippen LogP contribution is 2.07. The van der Waals surface area contributed by atoms with E-state index in [0.717, 1.165) is 6.54 Å². The van der Waals surface area contributed by atoms with Crippen molar-refractivity contribution in [1.29, 1.82) is 0 Å². The molecule has 0 atom stereocenters. The first-order valence-corrected chi connectivity index (χ1v) is 5.96. The third-order valence-corrected chi connectivity index (χ3v) is 2.42. The Morgan fingerprint density at radius 3 is 2.89 bits per heavy atom. The van der Waals surface area contributed by atoms with Gasteiger partial charge in [0.05, 0.1) is 0 Å². The number of nitrogens with zero attached hydrogens (tertiary/aromatic N) is 5. The summed E-state index contributed by atoms with van der Waals surface area (Å²) >= 11 is 0. The lowest BCUT2D eigenvalue weighted by molar-refractivity contribution is 0.0821. The second-order valence-corrected chi connectivity index (χ2v) is 4.11. The van der Waals surface area contributed by atoms with E-state index in [9.17, 15) is 4.79 Å². The van der Waals surface area contributed by atoms with Gasteiger partial charge in [-0.1, -0.05) is 0 Å². The van der Waals surface area contributed by atoms with Gasteiger partial charge in [0.15, 0.2) is 11.5 Å². The van der Waals surface area contributed by atoms with E-state index >= 15 is 0 Å². The molecule has 1 amide bonds. The molecule has 0 aromatic carbocycles. The number of rotatable bonds is 4. The van der Waals surface area contributed by atoms with Crippen LogP contribution in [0.3, 0.4) is 0 Å². The van der Waals surface area contributed by atoms with E-state index in [0.29, 0.717) is 17.5 Å². The Morgan fingerprint density at radius 1 is 1.42 bits per heavy atom. The number of amides is 1. The van der Waals surface area contributed by atoms with E-state index in [-0.39, 0.29) is 5.91 Å². The van der Waals surface area contributed by atoms with E-state index in [1.54, 1.807) is 43.3 Å². The van der Waals surface area contributed by atoms with E-state index in [2.05, 4.69) is 20.4 Å². The number of nitrogens with one attached hydrogen (secondary N) is 1. The van der Waals surface area contributed by atoms with Gasteiger partial charge in [-0.15, -0.1) is 0 Å². The first-order valence-electron chi connectivity index (χ1n) is 5.96. The molecule has 0 radical (unpaired) electrons. The molecule has 2 aromatic rings. The molecular weight excluding hydrogens is 244 g/mol. The highest BCUT2D eigenvalue weighted by molar-refractivity contribution is 5.91. The molecule has 0 spiro atoms. The van der Waals surface area contributed by atoms with Gasteiger partial charge in [-0.05, 0) is 13.0 Å². The molecule has 2 heterocycles. The van der Waals surface area contributed by atoms with Crippen LogP contribution in [0.4, 0.5) is 5.95 Å². The van der Waals surface area contributed by atoms with Gasteiger partial charge >= 0.3 is 0 Å². The van der Waals surface area contributed by atoms with Crippen LogP contribution < -0.4 is 5.32 Å². The summed E-state index contributed by atoms with van der Waals surface area (Å²) in [5, 5.41) is 7.24. The summed E-state index contributed by atoms with van der Waals surface area (Å²) < 4.78 is 1.55. The molecule has 19 heavy (non-hydrogen) atoms. The molecule has 7 nitrogen and oxygen atoms in total. The molecule has 7 heteroatoms. The van der Waals surface area contributed by atoms with Gasteiger partial charge in [-0.3, -0.25) is 4.79 Å². The minimum absolute atomic E-state index is 0.139. The van der Waals surface area contributed by atoms with Gasteiger partial charge in [-0.2, -0.15) is 10.1 Å². The monoisotopic (exact) mass is 260 g/mol. The fraction of sp³-hybridized carbons (Fsp3) is 0.333. The van der Waals surface area contributed by atoms with Crippen LogP contribution in [0.1, 0.15) is 17.4 Å². The lowest BCUT2D eigenvalue weighted by Crippen LogP contribution is -2.22. The largest absolute Gasteiger partial charge is 0.354 e. The van der Waals surface area contributed by atoms with Crippen LogP contribution in [-0.2, 0) is 0 Å². The van der Waals surface area contributed by atoms with Crippen molar-refractivity contribution >= 4 is 11.9 Å². The predicted octanol–water partition coefficient (Wildman–Crippen LogP) is 0.796. The molecule has 2 rings (SSSR count). The molecule has 0 aliphatic carbocycles. The zero-order valence-corrected chi connectivity index (χ0v) is 11.2. The number of carbonyl (C=O) groups excluding carboxylic acids is 1. The van der Waals surface area contributed by atoms with Crippen LogP contribution >= 0.6 is 0 Å². The van der Waals surface area contributed by atoms with E-state index in [1.807, 2.05) is 6.92 Å². The predicted molar refractivity (Wildman–Crippen MR) is 71.3 cm³/mol. The Balaban J connectivity index is 2.27. The molecule has 1 N–H and O–H groups in total. The van der Waals surface area contributed by atoms with Gasteiger partial charge in [-0.25, -0.2) is 9.67 Å². The standard InChI is InChI=1S/C12H16N6O/c1-4-13-12-14-7-5-10(15-12)18-8-6-9(16-18)11(19)17(2)3/h5-8H,4H2,1-3H3,(H,13,14,15). The van der Waals surface area contributed by atoms with E-state index in [4.69, 9.17) is 0 Å². The second kappa shape index (κ2) is 5.47. The first kappa shape index (κ1) is 13.0. The summed E-state index contributed by atoms with van der Waals surface area (Å²) in [5.74, 6) is 1.01. The van der Waals surface area contributed by atoms with Crippen LogP contribution in [0.5, 0.6) is 0 Å². The van der Waals surface area contributed by atoms with Gasteiger partial charge in [0.25, 0.3) is 5.91 Å². The minimum Gasteiger partial charge on any atom is -0.354 e. The SMILES string of the molecule is CCNc1nccc(-n2ccc(C(=O)N(C)C)n2)n1. The Kier molecular flexibility index (Phi) is 3.74. The van der Waals surface area contributed by atoms with Crippen molar-refractivity contribution in [2.75, 3.05) is 26.0 Å². The fourth-order valence-corrected chi connectivity index (χ4v) is 1.51. The minimum atomic E-state index is -0.139. The Labute approximate surface area is 111 Å². The zero-order chi connectivity index (χ0) is 13.8. The second-order valence-electron chi connectivity index (χ2n) is 4.11. The quantitative estimate of drug-likeness (QED) is 0.879. The van der Waals surface area contributed by atoms with Crippen molar-refractivity contribution in [3.63, 3.8) is 0 Å². The summed E-state index contributed by atoms with van der Waals surface area (Å²) in [6, 6.07) is 3.40. The van der Waals surface area contributed by atoms with E-state index < -0.39 is 0 Å². The summed E-state index contributed by atoms with van der Waals surface area (Å²) in [6.45, 7) is 2.71. The molecule has 0 aliphatic rings. The Hall–Kier alpha value is -2.44. The van der Waals surface area contributed by atoms with Crippen LogP contribution in [0.15, 0.2) is 24.5 Å². The molecular formula is C12H16N6O. The Bertz CT molecular complexity index is 577. The molecule has 0 bridgehead atoms. The topological polar surface area (TPSA) is 75.9 Å². The summed E-state index contributed by atoms with van der Waals surface area (Å²) in [5.41, 5.74) is 0.383. The van der Waals surface area contributed by atoms with Crippen molar-refractivity contribution < 1.29 is 4.79 Å². The van der Waals surface area contributed by atoms with Crippen molar-refractivity contribution in [2.45, 2.75) is 6.92 Å². The van der Waals surface area contributed by atoms with Crippen molar-refractivity contribution in [2.24, 2.45) is 0 Å². The molecule has 0 saturated heterocycles. The average Bonchev–Trinajstić information content (AvgIpc) is 2.88. The first-order chi connectivity index (χ1) is 9.11.